The van der Waals surface area contributed by atoms with Crippen LogP contribution in [-0.2, 0) is 11.0 Å². The molecule has 1 saturated carbocycles. The number of nitrogens with two attached hydrogens (primary N) is 1. The maximum absolute atomic E-state index is 11.4. The van der Waals surface area contributed by atoms with Crippen LogP contribution in [-0.4, -0.2) is 8.96 Å². The Balaban J connectivity index is 2.69. The highest BCUT2D eigenvalue weighted by atomic mass is 32.2. The van der Waals surface area contributed by atoms with E-state index in [4.69, 9.17) is 5.14 Å². The molecular weight excluding hydrogens is 182 g/mol. The van der Waals surface area contributed by atoms with E-state index in [2.05, 4.69) is 20.8 Å². The van der Waals surface area contributed by atoms with Gasteiger partial charge in [0, 0.05) is 0 Å². The molecule has 0 aromatic rings. The Kier molecular flexibility index (Phi) is 3.18. The Hall–Kier alpha value is 0.110. The lowest BCUT2D eigenvalue weighted by Crippen LogP contribution is -2.34. The van der Waals surface area contributed by atoms with Gasteiger partial charge in [0.15, 0.2) is 0 Å². The van der Waals surface area contributed by atoms with E-state index in [0.29, 0.717) is 5.41 Å². The molecular formula is C10H21NOS. The SMILES string of the molecule is CC1(C)CCCC(C)(S(N)=O)CC1. The van der Waals surface area contributed by atoms with Gasteiger partial charge >= 0.3 is 0 Å². The lowest BCUT2D eigenvalue weighted by atomic mass is 9.85. The van der Waals surface area contributed by atoms with E-state index in [1.54, 1.807) is 0 Å². The third kappa shape index (κ3) is 2.78. The zero-order valence-electron chi connectivity index (χ0n) is 8.93. The van der Waals surface area contributed by atoms with Crippen molar-refractivity contribution >= 4 is 11.0 Å². The molecule has 0 aromatic heterocycles. The molecule has 2 atom stereocenters. The van der Waals surface area contributed by atoms with Crippen LogP contribution in [0.2, 0.25) is 0 Å². The average molecular weight is 203 g/mol. The van der Waals surface area contributed by atoms with Crippen molar-refractivity contribution in [3.63, 3.8) is 0 Å². The summed E-state index contributed by atoms with van der Waals surface area (Å²) in [7, 11) is -1.16. The fourth-order valence-corrected chi connectivity index (χ4v) is 2.64. The summed E-state index contributed by atoms with van der Waals surface area (Å²) in [5.74, 6) is 0. The van der Waals surface area contributed by atoms with Crippen molar-refractivity contribution in [1.29, 1.82) is 0 Å². The molecule has 0 saturated heterocycles. The molecule has 0 aromatic carbocycles. The summed E-state index contributed by atoms with van der Waals surface area (Å²) >= 11 is 0. The summed E-state index contributed by atoms with van der Waals surface area (Å²) < 4.78 is 11.2. The molecule has 1 fully saturated rings. The second kappa shape index (κ2) is 3.70. The lowest BCUT2D eigenvalue weighted by Gasteiger charge is -2.26. The first-order valence-corrected chi connectivity index (χ1v) is 6.23. The van der Waals surface area contributed by atoms with Gasteiger partial charge in [0.1, 0.15) is 0 Å². The zero-order valence-corrected chi connectivity index (χ0v) is 9.75. The molecule has 0 bridgehead atoms. The summed E-state index contributed by atoms with van der Waals surface area (Å²) in [5, 5.41) is 5.53. The maximum atomic E-state index is 11.4. The third-order valence-corrected chi connectivity index (χ3v) is 4.76. The first-order chi connectivity index (χ1) is 5.86. The summed E-state index contributed by atoms with van der Waals surface area (Å²) in [6.07, 6.45) is 5.56. The summed E-state index contributed by atoms with van der Waals surface area (Å²) in [6.45, 7) is 6.64. The minimum Gasteiger partial charge on any atom is -0.251 e. The standard InChI is InChI=1S/C10H21NOS/c1-9(2)5-4-6-10(3,8-7-9)13(11)12/h4-8,11H2,1-3H3. The minimum absolute atomic E-state index is 0.131. The zero-order chi connectivity index (χ0) is 10.1. The van der Waals surface area contributed by atoms with Crippen LogP contribution in [0.5, 0.6) is 0 Å². The van der Waals surface area contributed by atoms with Crippen molar-refractivity contribution in [3.8, 4) is 0 Å². The molecule has 78 valence electrons. The molecule has 0 heterocycles. The fraction of sp³-hybridized carbons (Fsp3) is 1.00. The van der Waals surface area contributed by atoms with Crippen molar-refractivity contribution in [2.45, 2.75) is 57.6 Å². The van der Waals surface area contributed by atoms with Crippen molar-refractivity contribution in [2.75, 3.05) is 0 Å². The topological polar surface area (TPSA) is 43.1 Å². The number of hydrogen-bond donors (Lipinski definition) is 1. The van der Waals surface area contributed by atoms with Gasteiger partial charge in [-0.05, 0) is 38.0 Å². The molecule has 2 N–H and O–H groups in total. The van der Waals surface area contributed by atoms with Gasteiger partial charge in [0.25, 0.3) is 0 Å². The Morgan fingerprint density at radius 1 is 1.08 bits per heavy atom. The molecule has 1 rings (SSSR count). The summed E-state index contributed by atoms with van der Waals surface area (Å²) in [6, 6.07) is 0. The maximum Gasteiger partial charge on any atom is 0.0948 e. The van der Waals surface area contributed by atoms with Gasteiger partial charge in [-0.25, -0.2) is 4.21 Å². The first kappa shape index (κ1) is 11.2. The predicted octanol–water partition coefficient (Wildman–Crippen LogP) is 2.36. The van der Waals surface area contributed by atoms with Crippen LogP contribution in [0.15, 0.2) is 0 Å². The van der Waals surface area contributed by atoms with Crippen molar-refractivity contribution in [2.24, 2.45) is 10.6 Å². The first-order valence-electron chi connectivity index (χ1n) is 5.02. The van der Waals surface area contributed by atoms with Gasteiger partial charge in [0.2, 0.25) is 0 Å². The lowest BCUT2D eigenvalue weighted by molar-refractivity contribution is 0.311. The smallest absolute Gasteiger partial charge is 0.0948 e. The van der Waals surface area contributed by atoms with Crippen molar-refractivity contribution < 1.29 is 4.21 Å². The molecule has 1 aliphatic carbocycles. The Morgan fingerprint density at radius 3 is 2.23 bits per heavy atom. The van der Waals surface area contributed by atoms with Gasteiger partial charge in [-0.3, -0.25) is 5.14 Å². The van der Waals surface area contributed by atoms with Gasteiger partial charge in [-0.15, -0.1) is 0 Å². The molecule has 3 heteroatoms. The second-order valence-electron chi connectivity index (χ2n) is 5.27. The molecule has 2 unspecified atom stereocenters. The van der Waals surface area contributed by atoms with E-state index in [1.165, 1.54) is 6.42 Å². The van der Waals surface area contributed by atoms with E-state index in [9.17, 15) is 4.21 Å². The Bertz CT molecular complexity index is 215. The monoisotopic (exact) mass is 203 g/mol. The number of hydrogen-bond acceptors (Lipinski definition) is 1. The van der Waals surface area contributed by atoms with Crippen LogP contribution in [0.1, 0.15) is 52.9 Å². The molecule has 13 heavy (non-hydrogen) atoms. The van der Waals surface area contributed by atoms with Gasteiger partial charge in [-0.2, -0.15) is 0 Å². The van der Waals surface area contributed by atoms with E-state index in [0.717, 1.165) is 25.7 Å². The molecule has 1 aliphatic rings. The van der Waals surface area contributed by atoms with Crippen molar-refractivity contribution in [1.82, 2.24) is 0 Å². The van der Waals surface area contributed by atoms with Crippen LogP contribution in [0.25, 0.3) is 0 Å². The van der Waals surface area contributed by atoms with Crippen LogP contribution in [0, 0.1) is 5.41 Å². The number of rotatable bonds is 1. The largest absolute Gasteiger partial charge is 0.251 e. The van der Waals surface area contributed by atoms with E-state index >= 15 is 0 Å². The highest BCUT2D eigenvalue weighted by molar-refractivity contribution is 7.84. The molecule has 0 radical (unpaired) electrons. The van der Waals surface area contributed by atoms with Gasteiger partial charge in [0.05, 0.1) is 15.7 Å². The van der Waals surface area contributed by atoms with Crippen LogP contribution >= 0.6 is 0 Å². The fourth-order valence-electron chi connectivity index (χ4n) is 1.99. The molecule has 0 amide bonds. The molecule has 0 aliphatic heterocycles. The van der Waals surface area contributed by atoms with Crippen molar-refractivity contribution in [3.05, 3.63) is 0 Å². The normalized spacial score (nSPS) is 36.6. The highest BCUT2D eigenvalue weighted by Gasteiger charge is 2.35. The van der Waals surface area contributed by atoms with Crippen LogP contribution in [0.3, 0.4) is 0 Å². The molecule has 2 nitrogen and oxygen atoms in total. The predicted molar refractivity (Wildman–Crippen MR) is 57.6 cm³/mol. The van der Waals surface area contributed by atoms with Gasteiger partial charge in [-0.1, -0.05) is 20.3 Å². The Morgan fingerprint density at radius 2 is 1.69 bits per heavy atom. The second-order valence-corrected chi connectivity index (χ2v) is 6.85. The quantitative estimate of drug-likeness (QED) is 0.653. The third-order valence-electron chi connectivity index (χ3n) is 3.38. The van der Waals surface area contributed by atoms with E-state index < -0.39 is 11.0 Å². The van der Waals surface area contributed by atoms with Crippen LogP contribution < -0.4 is 5.14 Å². The average Bonchev–Trinajstić information content (AvgIpc) is 2.12. The minimum atomic E-state index is -1.16. The summed E-state index contributed by atoms with van der Waals surface area (Å²) in [4.78, 5) is 0. The van der Waals surface area contributed by atoms with Crippen LogP contribution in [0.4, 0.5) is 0 Å². The van der Waals surface area contributed by atoms with E-state index in [-0.39, 0.29) is 4.75 Å². The molecule has 0 spiro atoms. The summed E-state index contributed by atoms with van der Waals surface area (Å²) in [5.41, 5.74) is 0.414. The van der Waals surface area contributed by atoms with Gasteiger partial charge < -0.3 is 0 Å². The Labute approximate surface area is 83.9 Å². The van der Waals surface area contributed by atoms with E-state index in [1.807, 2.05) is 0 Å². The highest BCUT2D eigenvalue weighted by Crippen LogP contribution is 2.39.